The number of aryl methyl sites for hydroxylation is 1. The second-order valence-electron chi connectivity index (χ2n) is 12.7. The molecule has 276 valence electrons. The summed E-state index contributed by atoms with van der Waals surface area (Å²) >= 11 is 0. The second kappa shape index (κ2) is 23.3. The number of unbranched alkanes of at least 4 members (excludes halogenated alkanes) is 1. The summed E-state index contributed by atoms with van der Waals surface area (Å²) in [6.45, 7) is 6.16. The molecule has 0 aliphatic rings. The van der Waals surface area contributed by atoms with Crippen LogP contribution in [0.15, 0.2) is 78.3 Å². The molecule has 0 spiro atoms. The van der Waals surface area contributed by atoms with Gasteiger partial charge in [0.1, 0.15) is 12.1 Å². The van der Waals surface area contributed by atoms with Gasteiger partial charge in [-0.15, -0.1) is 4.91 Å². The minimum Gasteiger partial charge on any atom is -0.344 e. The summed E-state index contributed by atoms with van der Waals surface area (Å²) in [7, 11) is 1.45. The van der Waals surface area contributed by atoms with E-state index < -0.39 is 41.9 Å². The summed E-state index contributed by atoms with van der Waals surface area (Å²) in [5, 5.41) is 10.8. The number of ketones is 1. The first-order valence-electron chi connectivity index (χ1n) is 17.2. The van der Waals surface area contributed by atoms with E-state index in [9.17, 15) is 19.2 Å². The van der Waals surface area contributed by atoms with E-state index in [1.165, 1.54) is 7.05 Å². The van der Waals surface area contributed by atoms with Crippen molar-refractivity contribution in [1.82, 2.24) is 31.3 Å². The summed E-state index contributed by atoms with van der Waals surface area (Å²) in [6, 6.07) is 15.1. The molecule has 3 amide bonds. The summed E-state index contributed by atoms with van der Waals surface area (Å²) in [5.74, 6) is -1.62. The fourth-order valence-electron chi connectivity index (χ4n) is 5.16. The van der Waals surface area contributed by atoms with Gasteiger partial charge in [-0.05, 0) is 62.6 Å². The lowest BCUT2D eigenvalue weighted by atomic mass is 9.98. The summed E-state index contributed by atoms with van der Waals surface area (Å²) < 4.78 is 0. The Hall–Kier alpha value is -5.08. The van der Waals surface area contributed by atoms with Crippen LogP contribution in [0.5, 0.6) is 0 Å². The average molecular weight is 704 g/mol. The molecule has 4 atom stereocenters. The molecule has 14 heteroatoms. The maximum Gasteiger partial charge on any atom is 0.243 e. The molecule has 1 heterocycles. The average Bonchev–Trinajstić information content (AvgIpc) is 3.12. The molecule has 0 radical (unpaired) electrons. The maximum atomic E-state index is 13.8. The van der Waals surface area contributed by atoms with Crippen LogP contribution in [-0.2, 0) is 38.4 Å². The SMILES string of the molecule is CNN=O.Cc1cnc(CC(=O)[C@@H](CCCCN)NC(=O)[C@@H](CC(C)C)NC(=O)[C@@H](Cc2ccccc2)NC(=O)[C@H](N)Cc2ccccc2)cn1. The molecule has 0 saturated heterocycles. The summed E-state index contributed by atoms with van der Waals surface area (Å²) in [4.78, 5) is 71.4. The van der Waals surface area contributed by atoms with E-state index in [1.54, 1.807) is 12.4 Å². The van der Waals surface area contributed by atoms with Gasteiger partial charge in [-0.25, -0.2) is 0 Å². The zero-order valence-electron chi connectivity index (χ0n) is 30.0. The van der Waals surface area contributed by atoms with Crippen molar-refractivity contribution in [2.24, 2.45) is 22.7 Å². The van der Waals surface area contributed by atoms with Crippen molar-refractivity contribution in [1.29, 1.82) is 0 Å². The summed E-state index contributed by atoms with van der Waals surface area (Å²) in [6.07, 6.45) is 5.73. The van der Waals surface area contributed by atoms with E-state index in [4.69, 9.17) is 16.4 Å². The molecule has 3 rings (SSSR count). The number of aromatic nitrogens is 2. The molecule has 0 unspecified atom stereocenters. The van der Waals surface area contributed by atoms with Crippen molar-refractivity contribution in [2.45, 2.75) is 89.9 Å². The zero-order valence-corrected chi connectivity index (χ0v) is 30.0. The molecule has 0 bridgehead atoms. The van der Waals surface area contributed by atoms with Gasteiger partial charge in [0, 0.05) is 31.1 Å². The number of nitrogens with one attached hydrogen (secondary N) is 4. The lowest BCUT2D eigenvalue weighted by molar-refractivity contribution is -0.133. The van der Waals surface area contributed by atoms with E-state index >= 15 is 0 Å². The number of amides is 3. The molecule has 3 aromatic rings. The number of benzene rings is 2. The standard InChI is InChI=1S/C36H49N7O4.CH4N2O/c1-24(2)18-31(35(46)41-30(16-10-11-17-37)33(44)21-28-23-39-25(3)22-40-28)43-36(47)32(20-27-14-8-5-9-15-27)42-34(45)29(38)19-26-12-6-4-7-13-26;1-2-3-4/h4-9,12-15,22-24,29-32H,10-11,16-21,37-38H2,1-3H3,(H,41,46)(H,42,45)(H,43,47);1H3,(H,2,4)/t29-,30-,31-,32-;/m1./s1. The van der Waals surface area contributed by atoms with E-state index in [1.807, 2.05) is 86.9 Å². The second-order valence-corrected chi connectivity index (χ2v) is 12.7. The topological polar surface area (TPSA) is 224 Å². The lowest BCUT2D eigenvalue weighted by Crippen LogP contribution is -2.58. The number of hydrogen-bond acceptors (Lipinski definition) is 10. The molecular formula is C37H53N9O5. The monoisotopic (exact) mass is 703 g/mol. The van der Waals surface area contributed by atoms with Gasteiger partial charge in [-0.2, -0.15) is 0 Å². The number of carbonyl (C=O) groups is 4. The van der Waals surface area contributed by atoms with E-state index in [-0.39, 0.29) is 24.5 Å². The van der Waals surface area contributed by atoms with Crippen LogP contribution in [0.3, 0.4) is 0 Å². The van der Waals surface area contributed by atoms with Gasteiger partial charge in [-0.3, -0.25) is 34.6 Å². The van der Waals surface area contributed by atoms with E-state index in [2.05, 4.69) is 31.2 Å². The number of nitroso groups, excluding NO2 is 1. The highest BCUT2D eigenvalue weighted by Crippen LogP contribution is 2.12. The number of carbonyl (C=O) groups excluding carboxylic acids is 4. The van der Waals surface area contributed by atoms with Gasteiger partial charge in [0.05, 0.1) is 29.9 Å². The molecule has 1 aromatic heterocycles. The number of rotatable bonds is 20. The Morgan fingerprint density at radius 2 is 1.31 bits per heavy atom. The minimum absolute atomic E-state index is 0.0104. The van der Waals surface area contributed by atoms with Crippen molar-refractivity contribution in [3.8, 4) is 0 Å². The minimum atomic E-state index is -0.990. The Balaban J connectivity index is 0.00000213. The number of nitrogens with two attached hydrogens (primary N) is 2. The third kappa shape index (κ3) is 16.5. The predicted octanol–water partition coefficient (Wildman–Crippen LogP) is 2.23. The van der Waals surface area contributed by atoms with Crippen molar-refractivity contribution in [3.05, 3.63) is 100 Å². The highest BCUT2D eigenvalue weighted by atomic mass is 16.3. The van der Waals surface area contributed by atoms with Crippen LogP contribution in [-0.4, -0.2) is 71.2 Å². The van der Waals surface area contributed by atoms with Crippen molar-refractivity contribution in [2.75, 3.05) is 13.6 Å². The normalized spacial score (nSPS) is 13.0. The van der Waals surface area contributed by atoms with Gasteiger partial charge >= 0.3 is 0 Å². The van der Waals surface area contributed by atoms with Crippen molar-refractivity contribution < 1.29 is 19.2 Å². The molecule has 0 fully saturated rings. The number of Topliss-reactive ketones (excluding diaryl/α,β-unsaturated/α-hetero) is 1. The van der Waals surface area contributed by atoms with Crippen LogP contribution >= 0.6 is 0 Å². The Morgan fingerprint density at radius 3 is 1.84 bits per heavy atom. The first-order chi connectivity index (χ1) is 24.5. The molecule has 0 saturated carbocycles. The zero-order chi connectivity index (χ0) is 37.6. The van der Waals surface area contributed by atoms with Gasteiger partial charge in [0.2, 0.25) is 17.7 Å². The molecule has 0 aliphatic carbocycles. The van der Waals surface area contributed by atoms with Crippen molar-refractivity contribution >= 4 is 23.5 Å². The molecule has 8 N–H and O–H groups in total. The largest absolute Gasteiger partial charge is 0.344 e. The van der Waals surface area contributed by atoms with Crippen LogP contribution in [0.25, 0.3) is 0 Å². The third-order valence-electron chi connectivity index (χ3n) is 7.82. The number of hydrogen-bond donors (Lipinski definition) is 6. The summed E-state index contributed by atoms with van der Waals surface area (Å²) in [5.41, 5.74) is 16.9. The Kier molecular flexibility index (Phi) is 19.3. The molecular weight excluding hydrogens is 650 g/mol. The maximum absolute atomic E-state index is 13.8. The predicted molar refractivity (Wildman–Crippen MR) is 197 cm³/mol. The third-order valence-corrected chi connectivity index (χ3v) is 7.82. The van der Waals surface area contributed by atoms with Crippen LogP contribution in [0.2, 0.25) is 0 Å². The van der Waals surface area contributed by atoms with Crippen LogP contribution in [0, 0.1) is 17.7 Å². The van der Waals surface area contributed by atoms with Gasteiger partial charge in [-0.1, -0.05) is 74.5 Å². The Bertz CT molecular complexity index is 1490. The Morgan fingerprint density at radius 1 is 0.765 bits per heavy atom. The lowest BCUT2D eigenvalue weighted by Gasteiger charge is -2.27. The van der Waals surface area contributed by atoms with Crippen LogP contribution < -0.4 is 32.8 Å². The fraction of sp³-hybridized carbons (Fsp3) is 0.459. The van der Waals surface area contributed by atoms with Gasteiger partial charge in [0.25, 0.3) is 0 Å². The molecule has 2 aromatic carbocycles. The van der Waals surface area contributed by atoms with Gasteiger partial charge in [0.15, 0.2) is 5.78 Å². The van der Waals surface area contributed by atoms with E-state index in [0.717, 1.165) is 16.8 Å². The number of nitrogens with zero attached hydrogens (tertiary/aromatic N) is 3. The van der Waals surface area contributed by atoms with Crippen LogP contribution in [0.4, 0.5) is 0 Å². The molecule has 51 heavy (non-hydrogen) atoms. The highest BCUT2D eigenvalue weighted by molar-refractivity contribution is 5.95. The molecule has 0 aliphatic heterocycles. The van der Waals surface area contributed by atoms with Crippen LogP contribution in [0.1, 0.15) is 62.0 Å². The van der Waals surface area contributed by atoms with E-state index in [0.29, 0.717) is 44.3 Å². The van der Waals surface area contributed by atoms with Crippen molar-refractivity contribution in [3.63, 3.8) is 0 Å². The fourth-order valence-corrected chi connectivity index (χ4v) is 5.16. The Labute approximate surface area is 300 Å². The quantitative estimate of drug-likeness (QED) is 0.0572. The molecule has 14 nitrogen and oxygen atoms in total. The first kappa shape index (κ1) is 42.1. The van der Waals surface area contributed by atoms with Gasteiger partial charge < -0.3 is 27.4 Å². The smallest absolute Gasteiger partial charge is 0.243 e. The first-order valence-corrected chi connectivity index (χ1v) is 17.2. The highest BCUT2D eigenvalue weighted by Gasteiger charge is 2.31.